The van der Waals surface area contributed by atoms with Crippen molar-refractivity contribution in [3.63, 3.8) is 0 Å². The number of hydrogen-bond donors (Lipinski definition) is 1. The second kappa shape index (κ2) is 5.60. The van der Waals surface area contributed by atoms with Gasteiger partial charge in [-0.25, -0.2) is 4.79 Å². The molecular formula is C11H9NO3S2. The first-order valence-corrected chi connectivity index (χ1v) is 7.02. The number of nitrogens with one attached hydrogen (secondary N) is 1. The average Bonchev–Trinajstić information content (AvgIpc) is 2.74. The lowest BCUT2D eigenvalue weighted by Gasteiger charge is -2.04. The fourth-order valence-corrected chi connectivity index (χ4v) is 2.80. The van der Waals surface area contributed by atoms with Gasteiger partial charge >= 0.3 is 6.09 Å². The topological polar surface area (TPSA) is 55.4 Å². The maximum absolute atomic E-state index is 11.4. The fraction of sp³-hybridized carbons (Fsp3) is 0.0909. The first kappa shape index (κ1) is 11.8. The predicted molar refractivity (Wildman–Crippen MR) is 68.7 cm³/mol. The van der Waals surface area contributed by atoms with Crippen molar-refractivity contribution in [3.8, 4) is 0 Å². The number of amides is 1. The molecule has 17 heavy (non-hydrogen) atoms. The SMILES string of the molecule is O=C(Nc1cssc1=O)OCc1ccccc1. The smallest absolute Gasteiger partial charge is 0.412 e. The van der Waals surface area contributed by atoms with Crippen LogP contribution in [0.15, 0.2) is 40.5 Å². The van der Waals surface area contributed by atoms with Gasteiger partial charge in [-0.15, -0.1) is 0 Å². The summed E-state index contributed by atoms with van der Waals surface area (Å²) in [6.07, 6.45) is -0.614. The lowest BCUT2D eigenvalue weighted by Crippen LogP contribution is -2.16. The van der Waals surface area contributed by atoms with Gasteiger partial charge in [0.1, 0.15) is 12.3 Å². The molecule has 0 aliphatic heterocycles. The first-order chi connectivity index (χ1) is 8.25. The standard InChI is InChI=1S/C11H9NO3S2/c13-10-9(7-16-17-10)12-11(14)15-6-8-4-2-1-3-5-8/h1-5,7H,6H2,(H,12,14). The molecule has 4 nitrogen and oxygen atoms in total. The predicted octanol–water partition coefficient (Wildman–Crippen LogP) is 2.92. The van der Waals surface area contributed by atoms with Gasteiger partial charge in [-0.3, -0.25) is 10.1 Å². The number of hydrogen-bond acceptors (Lipinski definition) is 5. The van der Waals surface area contributed by atoms with Crippen molar-refractivity contribution in [2.75, 3.05) is 5.32 Å². The molecule has 2 aromatic rings. The third-order valence-electron chi connectivity index (χ3n) is 1.96. The van der Waals surface area contributed by atoms with Gasteiger partial charge in [-0.2, -0.15) is 0 Å². The average molecular weight is 267 g/mol. The molecule has 0 aliphatic rings. The van der Waals surface area contributed by atoms with Crippen LogP contribution in [-0.2, 0) is 11.3 Å². The summed E-state index contributed by atoms with van der Waals surface area (Å²) >= 11 is 0. The lowest BCUT2D eigenvalue weighted by molar-refractivity contribution is 0.155. The molecule has 6 heteroatoms. The summed E-state index contributed by atoms with van der Waals surface area (Å²) in [6.45, 7) is 0.189. The minimum Gasteiger partial charge on any atom is -0.444 e. The highest BCUT2D eigenvalue weighted by atomic mass is 32.9. The van der Waals surface area contributed by atoms with Crippen LogP contribution < -0.4 is 10.1 Å². The molecule has 0 fully saturated rings. The van der Waals surface area contributed by atoms with Gasteiger partial charge in [0.25, 0.3) is 4.74 Å². The van der Waals surface area contributed by atoms with Crippen LogP contribution in [0.5, 0.6) is 0 Å². The molecule has 2 rings (SSSR count). The Kier molecular flexibility index (Phi) is 3.89. The molecular weight excluding hydrogens is 258 g/mol. The Hall–Kier alpha value is -1.66. The Morgan fingerprint density at radius 2 is 2.06 bits per heavy atom. The maximum Gasteiger partial charge on any atom is 0.412 e. The quantitative estimate of drug-likeness (QED) is 0.870. The third kappa shape index (κ3) is 3.40. The minimum atomic E-state index is -0.614. The molecule has 0 bridgehead atoms. The summed E-state index contributed by atoms with van der Waals surface area (Å²) in [6, 6.07) is 9.35. The van der Waals surface area contributed by atoms with E-state index >= 15 is 0 Å². The molecule has 1 heterocycles. The highest BCUT2D eigenvalue weighted by molar-refractivity contribution is 7.68. The number of rotatable bonds is 3. The molecule has 0 saturated heterocycles. The van der Waals surface area contributed by atoms with E-state index < -0.39 is 6.09 Å². The zero-order valence-electron chi connectivity index (χ0n) is 8.71. The Morgan fingerprint density at radius 1 is 1.29 bits per heavy atom. The molecule has 0 radical (unpaired) electrons. The van der Waals surface area contributed by atoms with Gasteiger partial charge in [-0.1, -0.05) is 40.7 Å². The summed E-state index contributed by atoms with van der Waals surface area (Å²) in [4.78, 5) is 22.6. The van der Waals surface area contributed by atoms with Crippen molar-refractivity contribution in [2.24, 2.45) is 0 Å². The van der Waals surface area contributed by atoms with E-state index in [1.54, 1.807) is 5.38 Å². The van der Waals surface area contributed by atoms with Crippen LogP contribution in [0, 0.1) is 0 Å². The molecule has 88 valence electrons. The van der Waals surface area contributed by atoms with E-state index in [1.165, 1.54) is 10.3 Å². The van der Waals surface area contributed by atoms with Crippen molar-refractivity contribution >= 4 is 32.5 Å². The molecule has 1 N–H and O–H groups in total. The normalized spacial score (nSPS) is 9.88. The van der Waals surface area contributed by atoms with E-state index in [2.05, 4.69) is 5.32 Å². The van der Waals surface area contributed by atoms with Crippen molar-refractivity contribution in [2.45, 2.75) is 6.61 Å². The number of carbonyl (C=O) groups is 1. The Bertz CT molecular complexity index is 547. The van der Waals surface area contributed by atoms with E-state index in [0.29, 0.717) is 0 Å². The number of carbonyl (C=O) groups excluding carboxylic acids is 1. The summed E-state index contributed by atoms with van der Waals surface area (Å²) in [5.74, 6) is 0. The Morgan fingerprint density at radius 3 is 2.71 bits per heavy atom. The molecule has 0 saturated carbocycles. The molecule has 1 aromatic carbocycles. The molecule has 0 unspecified atom stereocenters. The maximum atomic E-state index is 11.4. The van der Waals surface area contributed by atoms with E-state index in [0.717, 1.165) is 15.9 Å². The van der Waals surface area contributed by atoms with Crippen molar-refractivity contribution < 1.29 is 9.53 Å². The van der Waals surface area contributed by atoms with Crippen molar-refractivity contribution in [1.82, 2.24) is 0 Å². The first-order valence-electron chi connectivity index (χ1n) is 4.81. The largest absolute Gasteiger partial charge is 0.444 e. The summed E-state index contributed by atoms with van der Waals surface area (Å²) in [5, 5.41) is 4.00. The van der Waals surface area contributed by atoms with E-state index in [9.17, 15) is 9.59 Å². The van der Waals surface area contributed by atoms with Crippen LogP contribution in [0.25, 0.3) is 0 Å². The van der Waals surface area contributed by atoms with Gasteiger partial charge < -0.3 is 4.74 Å². The van der Waals surface area contributed by atoms with E-state index in [4.69, 9.17) is 4.74 Å². The minimum absolute atomic E-state index is 0.160. The van der Waals surface area contributed by atoms with Crippen LogP contribution in [-0.4, -0.2) is 6.09 Å². The van der Waals surface area contributed by atoms with Gasteiger partial charge in [0, 0.05) is 5.38 Å². The van der Waals surface area contributed by atoms with Crippen molar-refractivity contribution in [1.29, 1.82) is 0 Å². The number of anilines is 1. The molecule has 0 spiro atoms. The highest BCUT2D eigenvalue weighted by Gasteiger charge is 2.07. The fourth-order valence-electron chi connectivity index (χ4n) is 1.16. The second-order valence-corrected chi connectivity index (χ2v) is 5.23. The van der Waals surface area contributed by atoms with Crippen LogP contribution >= 0.6 is 20.7 Å². The zero-order chi connectivity index (χ0) is 12.1. The monoisotopic (exact) mass is 267 g/mol. The Labute approximate surface area is 105 Å². The van der Waals surface area contributed by atoms with Crippen LogP contribution in [0.4, 0.5) is 10.5 Å². The van der Waals surface area contributed by atoms with Gasteiger partial charge in [-0.05, 0) is 15.9 Å². The molecule has 0 atom stereocenters. The third-order valence-corrected chi connectivity index (χ3v) is 3.79. The highest BCUT2D eigenvalue weighted by Crippen LogP contribution is 2.11. The van der Waals surface area contributed by atoms with E-state index in [1.807, 2.05) is 30.3 Å². The second-order valence-electron chi connectivity index (χ2n) is 3.19. The van der Waals surface area contributed by atoms with E-state index in [-0.39, 0.29) is 17.0 Å². The van der Waals surface area contributed by atoms with Crippen LogP contribution in [0.1, 0.15) is 5.56 Å². The molecule has 0 aliphatic carbocycles. The van der Waals surface area contributed by atoms with Gasteiger partial charge in [0.05, 0.1) is 0 Å². The van der Waals surface area contributed by atoms with Gasteiger partial charge in [0.2, 0.25) is 0 Å². The van der Waals surface area contributed by atoms with Crippen LogP contribution in [0.3, 0.4) is 0 Å². The molecule has 1 aromatic heterocycles. The van der Waals surface area contributed by atoms with Crippen LogP contribution in [0.2, 0.25) is 0 Å². The molecule has 1 amide bonds. The Balaban J connectivity index is 1.87. The summed E-state index contributed by atoms with van der Waals surface area (Å²) in [5.41, 5.74) is 1.18. The lowest BCUT2D eigenvalue weighted by atomic mass is 10.2. The number of ether oxygens (including phenoxy) is 1. The van der Waals surface area contributed by atoms with Gasteiger partial charge in [0.15, 0.2) is 0 Å². The van der Waals surface area contributed by atoms with Crippen molar-refractivity contribution in [3.05, 3.63) is 50.8 Å². The zero-order valence-corrected chi connectivity index (χ0v) is 10.3. The summed E-state index contributed by atoms with van der Waals surface area (Å²) in [7, 11) is 2.36. The number of benzene rings is 1. The summed E-state index contributed by atoms with van der Waals surface area (Å²) < 4.78 is 4.82.